The molecule has 1 aromatic carbocycles. The van der Waals surface area contributed by atoms with Crippen LogP contribution in [0.3, 0.4) is 0 Å². The van der Waals surface area contributed by atoms with Crippen molar-refractivity contribution in [2.75, 3.05) is 5.32 Å². The lowest BCUT2D eigenvalue weighted by molar-refractivity contribution is 0.0155. The highest BCUT2D eigenvalue weighted by Crippen LogP contribution is 2.41. The zero-order chi connectivity index (χ0) is 25.0. The van der Waals surface area contributed by atoms with E-state index in [-0.39, 0.29) is 11.7 Å². The van der Waals surface area contributed by atoms with Gasteiger partial charge in [-0.2, -0.15) is 5.10 Å². The van der Waals surface area contributed by atoms with Crippen molar-refractivity contribution in [3.8, 4) is 0 Å². The second kappa shape index (κ2) is 10.6. The van der Waals surface area contributed by atoms with Crippen LogP contribution >= 0.6 is 0 Å². The maximum atomic E-state index is 12.8. The lowest BCUT2D eigenvalue weighted by atomic mass is 9.89. The van der Waals surface area contributed by atoms with E-state index in [1.165, 1.54) is 12.8 Å². The number of fused-ring (bicyclic) bond motifs is 1. The third kappa shape index (κ3) is 5.95. The first kappa shape index (κ1) is 25.7. The van der Waals surface area contributed by atoms with Crippen LogP contribution in [0.15, 0.2) is 55.4 Å². The molecule has 1 aliphatic rings. The molecule has 0 radical (unpaired) electrons. The van der Waals surface area contributed by atoms with Crippen LogP contribution in [0.5, 0.6) is 0 Å². The van der Waals surface area contributed by atoms with E-state index in [4.69, 9.17) is 0 Å². The van der Waals surface area contributed by atoms with Gasteiger partial charge in [0.25, 0.3) is 0 Å². The molecule has 2 heterocycles. The van der Waals surface area contributed by atoms with Crippen molar-refractivity contribution >= 4 is 22.7 Å². The average molecular weight is 462 g/mol. The number of hydrogen-bond acceptors (Lipinski definition) is 4. The van der Waals surface area contributed by atoms with E-state index in [0.717, 1.165) is 45.9 Å². The quantitative estimate of drug-likeness (QED) is 0.370. The van der Waals surface area contributed by atoms with E-state index in [2.05, 4.69) is 30.8 Å². The number of carbonyl (C=O) groups excluding carboxylic acids is 1. The first-order chi connectivity index (χ1) is 16.0. The number of Topliss-reactive ketones (excluding diaryl/α,β-unsaturated/α-hetero) is 1. The molecule has 0 spiro atoms. The van der Waals surface area contributed by atoms with Gasteiger partial charge in [-0.25, -0.2) is 4.52 Å². The molecule has 2 N–H and O–H groups in total. The number of carbonyl (C=O) groups is 1. The Balaban J connectivity index is 0.000000302. The Morgan fingerprint density at radius 3 is 2.47 bits per heavy atom. The Labute approximate surface area is 203 Å². The zero-order valence-electron chi connectivity index (χ0n) is 21.4. The van der Waals surface area contributed by atoms with E-state index in [1.54, 1.807) is 6.20 Å². The van der Waals surface area contributed by atoms with Gasteiger partial charge in [0, 0.05) is 34.6 Å². The second-order valence-corrected chi connectivity index (χ2v) is 10.2. The predicted molar refractivity (Wildman–Crippen MR) is 141 cm³/mol. The molecule has 1 atom stereocenters. The van der Waals surface area contributed by atoms with Gasteiger partial charge in [0.1, 0.15) is 0 Å². The van der Waals surface area contributed by atoms with Crippen LogP contribution in [0.2, 0.25) is 0 Å². The van der Waals surface area contributed by atoms with Gasteiger partial charge in [0.15, 0.2) is 5.78 Å². The third-order valence-corrected chi connectivity index (χ3v) is 6.79. The van der Waals surface area contributed by atoms with E-state index < -0.39 is 5.60 Å². The largest absolute Gasteiger partial charge is 0.390 e. The van der Waals surface area contributed by atoms with E-state index >= 15 is 0 Å². The molecule has 34 heavy (non-hydrogen) atoms. The Hall–Kier alpha value is -2.92. The summed E-state index contributed by atoms with van der Waals surface area (Å²) in [4.78, 5) is 12.8. The van der Waals surface area contributed by atoms with E-state index in [1.807, 2.05) is 74.8 Å². The Kier molecular flexibility index (Phi) is 7.98. The SMILES string of the molecule is C=C(Nc1cccc(CC)c1C(=O)C(C)C)c1cccn2nccc12.CC(C1CC1)C(C)(C)O. The number of aryl methyl sites for hydroxylation is 1. The van der Waals surface area contributed by atoms with Crippen molar-refractivity contribution in [1.82, 2.24) is 9.61 Å². The Morgan fingerprint density at radius 2 is 1.91 bits per heavy atom. The molecule has 0 bridgehead atoms. The van der Waals surface area contributed by atoms with Crippen LogP contribution in [0, 0.1) is 17.8 Å². The minimum Gasteiger partial charge on any atom is -0.390 e. The van der Waals surface area contributed by atoms with Crippen molar-refractivity contribution in [3.05, 3.63) is 72.1 Å². The third-order valence-electron chi connectivity index (χ3n) is 6.79. The molecule has 5 heteroatoms. The summed E-state index contributed by atoms with van der Waals surface area (Å²) in [5, 5.41) is 17.1. The standard InChI is InChI=1S/C21H23N3O.C8H16O/c1-5-16-8-6-10-18(20(16)21(25)14(2)3)23-15(4)17-9-7-13-24-19(17)11-12-22-24;1-6(7-4-5-7)8(2,3)9/h6-14,23H,4-5H2,1-3H3;6-7,9H,4-5H2,1-3H3. The number of aromatic nitrogens is 2. The summed E-state index contributed by atoms with van der Waals surface area (Å²) in [6, 6.07) is 11.8. The molecular formula is C29H39N3O2. The Morgan fingerprint density at radius 1 is 1.21 bits per heavy atom. The summed E-state index contributed by atoms with van der Waals surface area (Å²) >= 11 is 0. The van der Waals surface area contributed by atoms with Crippen LogP contribution in [-0.4, -0.2) is 26.1 Å². The lowest BCUT2D eigenvalue weighted by Gasteiger charge is -2.25. The number of anilines is 1. The van der Waals surface area contributed by atoms with Crippen molar-refractivity contribution in [2.24, 2.45) is 17.8 Å². The molecule has 1 unspecified atom stereocenters. The van der Waals surface area contributed by atoms with E-state index in [9.17, 15) is 9.90 Å². The van der Waals surface area contributed by atoms with Gasteiger partial charge in [0.05, 0.1) is 17.3 Å². The number of rotatable bonds is 8. The number of ketones is 1. The minimum absolute atomic E-state index is 0.0558. The molecule has 1 saturated carbocycles. The van der Waals surface area contributed by atoms with Gasteiger partial charge < -0.3 is 10.4 Å². The number of nitrogens with zero attached hydrogens (tertiary/aromatic N) is 2. The topological polar surface area (TPSA) is 66.6 Å². The second-order valence-electron chi connectivity index (χ2n) is 10.2. The number of nitrogens with one attached hydrogen (secondary N) is 1. The maximum absolute atomic E-state index is 12.8. The first-order valence-corrected chi connectivity index (χ1v) is 12.3. The fraction of sp³-hybridized carbons (Fsp3) is 0.448. The van der Waals surface area contributed by atoms with Crippen molar-refractivity contribution in [3.63, 3.8) is 0 Å². The summed E-state index contributed by atoms with van der Waals surface area (Å²) in [5.74, 6) is 1.39. The number of hydrogen-bond donors (Lipinski definition) is 2. The molecule has 0 amide bonds. The minimum atomic E-state index is -0.457. The molecule has 1 aliphatic carbocycles. The molecule has 182 valence electrons. The molecule has 0 saturated heterocycles. The first-order valence-electron chi connectivity index (χ1n) is 12.3. The normalized spacial score (nSPS) is 14.5. The van der Waals surface area contributed by atoms with Crippen molar-refractivity contribution < 1.29 is 9.90 Å². The summed E-state index contributed by atoms with van der Waals surface area (Å²) in [6.07, 6.45) is 7.12. The average Bonchev–Trinajstić information content (AvgIpc) is 3.53. The molecule has 4 rings (SSSR count). The van der Waals surface area contributed by atoms with Gasteiger partial charge in [-0.3, -0.25) is 4.79 Å². The highest BCUT2D eigenvalue weighted by atomic mass is 16.3. The van der Waals surface area contributed by atoms with Gasteiger partial charge in [-0.05, 0) is 74.8 Å². The molecule has 0 aliphatic heterocycles. The molecular weight excluding hydrogens is 422 g/mol. The van der Waals surface area contributed by atoms with Crippen LogP contribution in [0.4, 0.5) is 5.69 Å². The maximum Gasteiger partial charge on any atom is 0.167 e. The fourth-order valence-corrected chi connectivity index (χ4v) is 4.19. The predicted octanol–water partition coefficient (Wildman–Crippen LogP) is 6.62. The summed E-state index contributed by atoms with van der Waals surface area (Å²) in [5.41, 5.74) is 4.86. The molecule has 3 aromatic rings. The Bertz CT molecular complexity index is 1150. The van der Waals surface area contributed by atoms with Gasteiger partial charge in [0.2, 0.25) is 0 Å². The van der Waals surface area contributed by atoms with E-state index in [0.29, 0.717) is 5.92 Å². The molecule has 1 fully saturated rings. The smallest absolute Gasteiger partial charge is 0.167 e. The van der Waals surface area contributed by atoms with Crippen LogP contribution in [0.1, 0.15) is 75.9 Å². The number of benzene rings is 1. The van der Waals surface area contributed by atoms with Gasteiger partial charge in [-0.1, -0.05) is 46.4 Å². The van der Waals surface area contributed by atoms with Crippen molar-refractivity contribution in [2.45, 2.75) is 66.4 Å². The number of pyridine rings is 1. The number of aliphatic hydroxyl groups is 1. The van der Waals surface area contributed by atoms with Gasteiger partial charge >= 0.3 is 0 Å². The summed E-state index contributed by atoms with van der Waals surface area (Å²) in [6.45, 7) is 16.1. The molecule has 5 nitrogen and oxygen atoms in total. The van der Waals surface area contributed by atoms with Crippen molar-refractivity contribution in [1.29, 1.82) is 0 Å². The highest BCUT2D eigenvalue weighted by Gasteiger charge is 2.36. The molecule has 2 aromatic heterocycles. The zero-order valence-corrected chi connectivity index (χ0v) is 21.4. The highest BCUT2D eigenvalue weighted by molar-refractivity contribution is 6.05. The van der Waals surface area contributed by atoms with Crippen LogP contribution in [0.25, 0.3) is 11.2 Å². The summed E-state index contributed by atoms with van der Waals surface area (Å²) < 4.78 is 1.81. The fourth-order valence-electron chi connectivity index (χ4n) is 4.19. The van der Waals surface area contributed by atoms with Gasteiger partial charge in [-0.15, -0.1) is 0 Å². The lowest BCUT2D eigenvalue weighted by Crippen LogP contribution is -2.29. The summed E-state index contributed by atoms with van der Waals surface area (Å²) in [7, 11) is 0. The van der Waals surface area contributed by atoms with Crippen LogP contribution in [-0.2, 0) is 6.42 Å². The van der Waals surface area contributed by atoms with Crippen LogP contribution < -0.4 is 5.32 Å². The monoisotopic (exact) mass is 461 g/mol.